The summed E-state index contributed by atoms with van der Waals surface area (Å²) in [5.41, 5.74) is -0.101. The van der Waals surface area contributed by atoms with Crippen molar-refractivity contribution in [2.24, 2.45) is 0 Å². The molecule has 0 fully saturated rings. The number of nitrogens with zero attached hydrogens (tertiary/aromatic N) is 2. The fourth-order valence-electron chi connectivity index (χ4n) is 1.44. The zero-order valence-corrected chi connectivity index (χ0v) is 12.5. The maximum absolute atomic E-state index is 5.26. The second-order valence-corrected chi connectivity index (χ2v) is 6.28. The van der Waals surface area contributed by atoms with E-state index in [-0.39, 0.29) is 5.41 Å². The normalized spacial score (nSPS) is 11.6. The molecule has 0 aliphatic rings. The summed E-state index contributed by atoms with van der Waals surface area (Å²) >= 11 is 1.68. The lowest BCUT2D eigenvalue weighted by Crippen LogP contribution is -2.11. The zero-order chi connectivity index (χ0) is 13.9. The number of aromatic nitrogens is 2. The number of thioether (sulfide) groups is 1. The van der Waals surface area contributed by atoms with Crippen molar-refractivity contribution in [3.8, 4) is 5.75 Å². The zero-order valence-electron chi connectivity index (χ0n) is 11.6. The lowest BCUT2D eigenvalue weighted by atomic mass is 9.97. The summed E-state index contributed by atoms with van der Waals surface area (Å²) in [6.45, 7) is 6.17. The van der Waals surface area contributed by atoms with Crippen molar-refractivity contribution in [1.29, 1.82) is 0 Å². The van der Waals surface area contributed by atoms with E-state index >= 15 is 0 Å². The Bertz CT molecular complexity index is 529. The number of hydrogen-bond acceptors (Lipinski definition) is 5. The van der Waals surface area contributed by atoms with Gasteiger partial charge < -0.3 is 9.26 Å². The minimum Gasteiger partial charge on any atom is -0.497 e. The van der Waals surface area contributed by atoms with Gasteiger partial charge in [0.25, 0.3) is 0 Å². The van der Waals surface area contributed by atoms with Crippen LogP contribution >= 0.6 is 11.8 Å². The van der Waals surface area contributed by atoms with Gasteiger partial charge in [0.15, 0.2) is 5.82 Å². The van der Waals surface area contributed by atoms with E-state index in [0.717, 1.165) is 16.5 Å². The summed E-state index contributed by atoms with van der Waals surface area (Å²) < 4.78 is 10.4. The molecule has 0 aliphatic heterocycles. The van der Waals surface area contributed by atoms with Crippen LogP contribution in [0.1, 0.15) is 32.5 Å². The molecule has 0 saturated carbocycles. The van der Waals surface area contributed by atoms with Crippen LogP contribution in [0, 0.1) is 0 Å². The second-order valence-electron chi connectivity index (χ2n) is 5.23. The van der Waals surface area contributed by atoms with Gasteiger partial charge in [-0.05, 0) is 24.3 Å². The van der Waals surface area contributed by atoms with Crippen molar-refractivity contribution in [2.45, 2.75) is 36.8 Å². The molecule has 102 valence electrons. The molecule has 1 aromatic heterocycles. The molecule has 0 radical (unpaired) electrons. The Labute approximate surface area is 117 Å². The standard InChI is InChI=1S/C14H18N2O2S/c1-14(2,3)13-15-12(16-18-13)9-19-11-7-5-10(17-4)6-8-11/h5-8H,9H2,1-4H3. The van der Waals surface area contributed by atoms with E-state index in [2.05, 4.69) is 30.9 Å². The van der Waals surface area contributed by atoms with Gasteiger partial charge in [0.2, 0.25) is 5.89 Å². The highest BCUT2D eigenvalue weighted by atomic mass is 32.2. The van der Waals surface area contributed by atoms with Crippen LogP contribution in [0.25, 0.3) is 0 Å². The molecule has 0 N–H and O–H groups in total. The first-order valence-corrected chi connectivity index (χ1v) is 7.07. The van der Waals surface area contributed by atoms with Crippen LogP contribution in [0.5, 0.6) is 5.75 Å². The molecule has 0 saturated heterocycles. The van der Waals surface area contributed by atoms with Crippen LogP contribution in [0.3, 0.4) is 0 Å². The quantitative estimate of drug-likeness (QED) is 0.799. The molecule has 4 nitrogen and oxygen atoms in total. The molecule has 0 atom stereocenters. The van der Waals surface area contributed by atoms with Gasteiger partial charge in [-0.3, -0.25) is 0 Å². The van der Waals surface area contributed by atoms with Crippen LogP contribution < -0.4 is 4.74 Å². The van der Waals surface area contributed by atoms with E-state index < -0.39 is 0 Å². The van der Waals surface area contributed by atoms with Crippen LogP contribution in [0.2, 0.25) is 0 Å². The van der Waals surface area contributed by atoms with E-state index in [4.69, 9.17) is 9.26 Å². The first-order valence-electron chi connectivity index (χ1n) is 6.09. The number of ether oxygens (including phenoxy) is 1. The average Bonchev–Trinajstić information content (AvgIpc) is 2.86. The van der Waals surface area contributed by atoms with Crippen molar-refractivity contribution in [1.82, 2.24) is 10.1 Å². The molecule has 0 unspecified atom stereocenters. The minimum atomic E-state index is -0.101. The molecule has 0 amide bonds. The Morgan fingerprint density at radius 1 is 1.21 bits per heavy atom. The molecule has 2 rings (SSSR count). The SMILES string of the molecule is COc1ccc(SCc2noc(C(C)(C)C)n2)cc1. The minimum absolute atomic E-state index is 0.101. The smallest absolute Gasteiger partial charge is 0.232 e. The van der Waals surface area contributed by atoms with Gasteiger partial charge in [-0.15, -0.1) is 11.8 Å². The Kier molecular flexibility index (Phi) is 4.14. The summed E-state index contributed by atoms with van der Waals surface area (Å²) in [6.07, 6.45) is 0. The van der Waals surface area contributed by atoms with E-state index in [1.807, 2.05) is 24.3 Å². The van der Waals surface area contributed by atoms with Gasteiger partial charge in [-0.25, -0.2) is 0 Å². The Hall–Kier alpha value is -1.49. The number of methoxy groups -OCH3 is 1. The molecule has 0 spiro atoms. The van der Waals surface area contributed by atoms with Gasteiger partial charge in [0.05, 0.1) is 12.9 Å². The van der Waals surface area contributed by atoms with Crippen LogP contribution in [0.15, 0.2) is 33.7 Å². The Balaban J connectivity index is 1.96. The highest BCUT2D eigenvalue weighted by Gasteiger charge is 2.21. The lowest BCUT2D eigenvalue weighted by molar-refractivity contribution is 0.319. The van der Waals surface area contributed by atoms with E-state index in [1.54, 1.807) is 18.9 Å². The first kappa shape index (κ1) is 13.9. The number of rotatable bonds is 4. The lowest BCUT2D eigenvalue weighted by Gasteiger charge is -2.10. The van der Waals surface area contributed by atoms with Crippen LogP contribution in [0.4, 0.5) is 0 Å². The fourth-order valence-corrected chi connectivity index (χ4v) is 2.18. The summed E-state index contributed by atoms with van der Waals surface area (Å²) in [5.74, 6) is 2.97. The van der Waals surface area contributed by atoms with Gasteiger partial charge >= 0.3 is 0 Å². The van der Waals surface area contributed by atoms with Crippen molar-refractivity contribution in [2.75, 3.05) is 7.11 Å². The maximum atomic E-state index is 5.26. The number of hydrogen-bond donors (Lipinski definition) is 0. The van der Waals surface area contributed by atoms with Crippen molar-refractivity contribution in [3.05, 3.63) is 36.0 Å². The maximum Gasteiger partial charge on any atom is 0.232 e. The number of benzene rings is 1. The predicted octanol–water partition coefficient (Wildman–Crippen LogP) is 3.67. The second kappa shape index (κ2) is 5.65. The molecule has 1 heterocycles. The summed E-state index contributed by atoms with van der Waals surface area (Å²) in [7, 11) is 1.66. The third kappa shape index (κ3) is 3.73. The molecule has 5 heteroatoms. The average molecular weight is 278 g/mol. The molecule has 0 aliphatic carbocycles. The van der Waals surface area contributed by atoms with Gasteiger partial charge in [0, 0.05) is 10.3 Å². The van der Waals surface area contributed by atoms with Crippen molar-refractivity contribution >= 4 is 11.8 Å². The molecule has 19 heavy (non-hydrogen) atoms. The predicted molar refractivity (Wildman–Crippen MR) is 75.6 cm³/mol. The Morgan fingerprint density at radius 2 is 1.89 bits per heavy atom. The van der Waals surface area contributed by atoms with Crippen LogP contribution in [-0.4, -0.2) is 17.3 Å². The van der Waals surface area contributed by atoms with Crippen LogP contribution in [-0.2, 0) is 11.2 Å². The third-order valence-electron chi connectivity index (χ3n) is 2.54. The molecule has 1 aromatic carbocycles. The Morgan fingerprint density at radius 3 is 2.42 bits per heavy atom. The first-order chi connectivity index (χ1) is 8.99. The van der Waals surface area contributed by atoms with Crippen molar-refractivity contribution < 1.29 is 9.26 Å². The van der Waals surface area contributed by atoms with E-state index in [0.29, 0.717) is 11.6 Å². The third-order valence-corrected chi connectivity index (χ3v) is 3.55. The van der Waals surface area contributed by atoms with Gasteiger partial charge in [0.1, 0.15) is 5.75 Å². The van der Waals surface area contributed by atoms with E-state index in [9.17, 15) is 0 Å². The highest BCUT2D eigenvalue weighted by Crippen LogP contribution is 2.25. The molecular weight excluding hydrogens is 260 g/mol. The largest absolute Gasteiger partial charge is 0.497 e. The van der Waals surface area contributed by atoms with Crippen molar-refractivity contribution in [3.63, 3.8) is 0 Å². The monoisotopic (exact) mass is 278 g/mol. The van der Waals surface area contributed by atoms with Gasteiger partial charge in [-0.1, -0.05) is 25.9 Å². The highest BCUT2D eigenvalue weighted by molar-refractivity contribution is 7.98. The molecular formula is C14H18N2O2S. The fraction of sp³-hybridized carbons (Fsp3) is 0.429. The van der Waals surface area contributed by atoms with Gasteiger partial charge in [-0.2, -0.15) is 4.98 Å². The van der Waals surface area contributed by atoms with E-state index in [1.165, 1.54) is 0 Å². The summed E-state index contributed by atoms with van der Waals surface area (Å²) in [6, 6.07) is 7.93. The summed E-state index contributed by atoms with van der Waals surface area (Å²) in [5, 5.41) is 4.00. The molecule has 0 bridgehead atoms. The summed E-state index contributed by atoms with van der Waals surface area (Å²) in [4.78, 5) is 5.56. The topological polar surface area (TPSA) is 48.2 Å². The molecule has 2 aromatic rings.